The van der Waals surface area contributed by atoms with Gasteiger partial charge in [0.15, 0.2) is 5.69 Å². The maximum absolute atomic E-state index is 13.2. The largest absolute Gasteiger partial charge is 0.464 e. The summed E-state index contributed by atoms with van der Waals surface area (Å²) in [5.74, 6) is -2.43. The van der Waals surface area contributed by atoms with Gasteiger partial charge < -0.3 is 23.9 Å². The molecular formula is C30H33N3O8. The zero-order valence-corrected chi connectivity index (χ0v) is 23.4. The van der Waals surface area contributed by atoms with Crippen molar-refractivity contribution in [2.24, 2.45) is 0 Å². The SMILES string of the molecule is COC(=O)c1nc(C2CC(OCc3ccccc3)CCN2C(=O)OC(C)(C)C)[nH]c(=O)c1OC(=O)c1ccccc1. The van der Waals surface area contributed by atoms with Gasteiger partial charge >= 0.3 is 18.0 Å². The molecule has 0 aliphatic carbocycles. The van der Waals surface area contributed by atoms with E-state index < -0.39 is 46.7 Å². The van der Waals surface area contributed by atoms with Crippen LogP contribution in [0.15, 0.2) is 65.5 Å². The fraction of sp³-hybridized carbons (Fsp3) is 0.367. The summed E-state index contributed by atoms with van der Waals surface area (Å²) in [5.41, 5.74) is -0.977. The fourth-order valence-electron chi connectivity index (χ4n) is 4.36. The van der Waals surface area contributed by atoms with Gasteiger partial charge in [0.1, 0.15) is 11.4 Å². The zero-order valence-electron chi connectivity index (χ0n) is 23.4. The number of amides is 1. The van der Waals surface area contributed by atoms with Gasteiger partial charge in [-0.3, -0.25) is 9.69 Å². The molecule has 11 nitrogen and oxygen atoms in total. The standard InChI is InChI=1S/C30H33N3O8/c1-30(2,3)41-29(37)33-16-15-21(39-18-19-11-7-5-8-12-19)17-22(33)25-31-23(28(36)38-4)24(26(34)32-25)40-27(35)20-13-9-6-10-14-20/h5-14,21-22H,15-18H2,1-4H3,(H,31,32,34). The number of likely N-dealkylation sites (tertiary alicyclic amines) is 1. The first-order valence-electron chi connectivity index (χ1n) is 13.2. The number of piperidine rings is 1. The van der Waals surface area contributed by atoms with Crippen molar-refractivity contribution in [1.82, 2.24) is 14.9 Å². The molecule has 4 rings (SSSR count). The van der Waals surface area contributed by atoms with Gasteiger partial charge in [-0.1, -0.05) is 48.5 Å². The van der Waals surface area contributed by atoms with Gasteiger partial charge in [-0.2, -0.15) is 0 Å². The number of nitrogens with zero attached hydrogens (tertiary/aromatic N) is 2. The summed E-state index contributed by atoms with van der Waals surface area (Å²) in [6, 6.07) is 16.8. The van der Waals surface area contributed by atoms with Crippen LogP contribution in [-0.2, 0) is 20.8 Å². The molecule has 2 atom stereocenters. The zero-order chi connectivity index (χ0) is 29.6. The molecule has 1 aliphatic rings. The van der Waals surface area contributed by atoms with E-state index in [1.165, 1.54) is 17.0 Å². The van der Waals surface area contributed by atoms with E-state index in [2.05, 4.69) is 9.97 Å². The molecule has 2 unspecified atom stereocenters. The summed E-state index contributed by atoms with van der Waals surface area (Å²) < 4.78 is 21.9. The lowest BCUT2D eigenvalue weighted by molar-refractivity contribution is -0.0385. The van der Waals surface area contributed by atoms with E-state index in [1.54, 1.807) is 39.0 Å². The fourth-order valence-corrected chi connectivity index (χ4v) is 4.36. The van der Waals surface area contributed by atoms with E-state index >= 15 is 0 Å². The van der Waals surface area contributed by atoms with Crippen LogP contribution in [0.3, 0.4) is 0 Å². The third-order valence-corrected chi connectivity index (χ3v) is 6.30. The minimum atomic E-state index is -0.982. The molecule has 216 valence electrons. The van der Waals surface area contributed by atoms with Gasteiger partial charge in [0, 0.05) is 13.0 Å². The number of benzene rings is 2. The highest BCUT2D eigenvalue weighted by molar-refractivity contribution is 5.94. The molecule has 0 spiro atoms. The van der Waals surface area contributed by atoms with Gasteiger partial charge in [-0.25, -0.2) is 19.4 Å². The van der Waals surface area contributed by atoms with Crippen molar-refractivity contribution in [1.29, 1.82) is 0 Å². The van der Waals surface area contributed by atoms with Gasteiger partial charge in [-0.15, -0.1) is 0 Å². The second-order valence-corrected chi connectivity index (χ2v) is 10.5. The third kappa shape index (κ3) is 7.57. The van der Waals surface area contributed by atoms with Crippen LogP contribution in [0, 0.1) is 0 Å². The highest BCUT2D eigenvalue weighted by Crippen LogP contribution is 2.33. The number of aromatic amines is 1. The quantitative estimate of drug-likeness (QED) is 0.414. The lowest BCUT2D eigenvalue weighted by Crippen LogP contribution is -2.46. The molecule has 3 aromatic rings. The number of aromatic nitrogens is 2. The second-order valence-electron chi connectivity index (χ2n) is 10.5. The van der Waals surface area contributed by atoms with Crippen molar-refractivity contribution in [2.75, 3.05) is 13.7 Å². The van der Waals surface area contributed by atoms with Crippen LogP contribution in [0.25, 0.3) is 0 Å². The molecule has 1 aliphatic heterocycles. The normalized spacial score (nSPS) is 17.0. The second kappa shape index (κ2) is 12.8. The number of H-pyrrole nitrogens is 1. The number of ether oxygens (including phenoxy) is 4. The van der Waals surface area contributed by atoms with Crippen LogP contribution in [0.4, 0.5) is 4.79 Å². The van der Waals surface area contributed by atoms with Crippen molar-refractivity contribution >= 4 is 18.0 Å². The maximum Gasteiger partial charge on any atom is 0.410 e. The summed E-state index contributed by atoms with van der Waals surface area (Å²) in [5, 5.41) is 0. The molecule has 11 heteroatoms. The highest BCUT2D eigenvalue weighted by atomic mass is 16.6. The summed E-state index contributed by atoms with van der Waals surface area (Å²) in [6.07, 6.45) is -0.116. The number of carbonyl (C=O) groups is 3. The van der Waals surface area contributed by atoms with Crippen LogP contribution in [-0.4, -0.2) is 58.3 Å². The topological polar surface area (TPSA) is 137 Å². The van der Waals surface area contributed by atoms with E-state index in [1.807, 2.05) is 30.3 Å². The van der Waals surface area contributed by atoms with Crippen molar-refractivity contribution in [3.05, 3.63) is 93.7 Å². The predicted molar refractivity (Wildman–Crippen MR) is 148 cm³/mol. The average molecular weight is 564 g/mol. The molecule has 0 radical (unpaired) electrons. The Kier molecular flexibility index (Phi) is 9.18. The van der Waals surface area contributed by atoms with Gasteiger partial charge in [-0.05, 0) is 44.9 Å². The van der Waals surface area contributed by atoms with E-state index in [0.29, 0.717) is 13.0 Å². The van der Waals surface area contributed by atoms with Gasteiger partial charge in [0.25, 0.3) is 5.56 Å². The Hall–Kier alpha value is -4.51. The lowest BCUT2D eigenvalue weighted by atomic mass is 9.98. The first-order valence-corrected chi connectivity index (χ1v) is 13.2. The monoisotopic (exact) mass is 563 g/mol. The molecular weight excluding hydrogens is 530 g/mol. The predicted octanol–water partition coefficient (Wildman–Crippen LogP) is 4.43. The van der Waals surface area contributed by atoms with E-state index in [-0.39, 0.29) is 30.5 Å². The maximum atomic E-state index is 13.2. The molecule has 2 aromatic carbocycles. The molecule has 0 saturated carbocycles. The Balaban J connectivity index is 1.67. The molecule has 1 fully saturated rings. The minimum Gasteiger partial charge on any atom is -0.464 e. The third-order valence-electron chi connectivity index (χ3n) is 6.30. The van der Waals surface area contributed by atoms with Crippen molar-refractivity contribution in [2.45, 2.75) is 58.0 Å². The van der Waals surface area contributed by atoms with E-state index in [9.17, 15) is 19.2 Å². The number of hydrogen-bond acceptors (Lipinski definition) is 9. The van der Waals surface area contributed by atoms with Gasteiger partial charge in [0.2, 0.25) is 5.75 Å². The number of esters is 2. The Bertz CT molecular complexity index is 1430. The van der Waals surface area contributed by atoms with Crippen molar-refractivity contribution in [3.63, 3.8) is 0 Å². The Morgan fingerprint density at radius 1 is 1.00 bits per heavy atom. The van der Waals surface area contributed by atoms with Crippen LogP contribution in [0.2, 0.25) is 0 Å². The molecule has 41 heavy (non-hydrogen) atoms. The van der Waals surface area contributed by atoms with Crippen molar-refractivity contribution in [3.8, 4) is 5.75 Å². The van der Waals surface area contributed by atoms with E-state index in [4.69, 9.17) is 18.9 Å². The molecule has 1 N–H and O–H groups in total. The number of methoxy groups -OCH3 is 1. The molecule has 1 amide bonds. The number of carbonyl (C=O) groups excluding carboxylic acids is 3. The van der Waals surface area contributed by atoms with Crippen LogP contribution in [0.5, 0.6) is 5.75 Å². The minimum absolute atomic E-state index is 0.00813. The van der Waals surface area contributed by atoms with Crippen molar-refractivity contribution < 1.29 is 33.3 Å². The van der Waals surface area contributed by atoms with Crippen LogP contribution < -0.4 is 10.3 Å². The smallest absolute Gasteiger partial charge is 0.410 e. The number of rotatable bonds is 7. The number of nitrogens with one attached hydrogen (secondary N) is 1. The van der Waals surface area contributed by atoms with Crippen LogP contribution in [0.1, 0.15) is 71.9 Å². The average Bonchev–Trinajstić information content (AvgIpc) is 2.96. The highest BCUT2D eigenvalue weighted by Gasteiger charge is 2.38. The summed E-state index contributed by atoms with van der Waals surface area (Å²) in [4.78, 5) is 60.2. The van der Waals surface area contributed by atoms with Crippen LogP contribution >= 0.6 is 0 Å². The summed E-state index contributed by atoms with van der Waals surface area (Å²) in [6.45, 7) is 5.86. The Labute approximate surface area is 237 Å². The molecule has 2 heterocycles. The summed E-state index contributed by atoms with van der Waals surface area (Å²) in [7, 11) is 1.12. The lowest BCUT2D eigenvalue weighted by Gasteiger charge is -2.39. The first kappa shape index (κ1) is 29.5. The van der Waals surface area contributed by atoms with E-state index in [0.717, 1.165) is 12.7 Å². The molecule has 1 aromatic heterocycles. The first-order chi connectivity index (χ1) is 19.6. The Morgan fingerprint density at radius 3 is 2.29 bits per heavy atom. The molecule has 1 saturated heterocycles. The van der Waals surface area contributed by atoms with Gasteiger partial charge in [0.05, 0.1) is 31.4 Å². The number of hydrogen-bond donors (Lipinski definition) is 1. The summed E-state index contributed by atoms with van der Waals surface area (Å²) >= 11 is 0. The Morgan fingerprint density at radius 2 is 1.66 bits per heavy atom. The molecule has 0 bridgehead atoms.